The van der Waals surface area contributed by atoms with Crippen LogP contribution in [0.2, 0.25) is 0 Å². The summed E-state index contributed by atoms with van der Waals surface area (Å²) in [5.41, 5.74) is 0.204. The number of nitrogens with zero attached hydrogens (tertiary/aromatic N) is 2. The molecule has 1 aromatic rings. The first-order valence-corrected chi connectivity index (χ1v) is 3.56. The van der Waals surface area contributed by atoms with Crippen molar-refractivity contribution in [1.82, 2.24) is 9.78 Å². The highest BCUT2D eigenvalue weighted by atomic mass is 19.3. The normalized spacial score (nSPS) is 10.8. The van der Waals surface area contributed by atoms with Crippen LogP contribution in [0.4, 0.5) is 8.78 Å². The lowest BCUT2D eigenvalue weighted by atomic mass is 10.4. The van der Waals surface area contributed by atoms with Crippen molar-refractivity contribution in [2.24, 2.45) is 0 Å². The van der Waals surface area contributed by atoms with Crippen LogP contribution in [0.3, 0.4) is 0 Å². The van der Waals surface area contributed by atoms with Crippen LogP contribution in [-0.2, 0) is 6.54 Å². The van der Waals surface area contributed by atoms with Gasteiger partial charge in [0.25, 0.3) is 6.43 Å². The molecule has 72 valence electrons. The molecule has 0 atom stereocenters. The van der Waals surface area contributed by atoms with Crippen molar-refractivity contribution in [2.75, 3.05) is 0 Å². The van der Waals surface area contributed by atoms with Gasteiger partial charge >= 0.3 is 5.97 Å². The van der Waals surface area contributed by atoms with Gasteiger partial charge in [-0.05, 0) is 13.0 Å². The van der Waals surface area contributed by atoms with Crippen molar-refractivity contribution in [3.8, 4) is 0 Å². The van der Waals surface area contributed by atoms with Gasteiger partial charge in [0.2, 0.25) is 0 Å². The van der Waals surface area contributed by atoms with E-state index < -0.39 is 18.9 Å². The Morgan fingerprint density at radius 1 is 1.77 bits per heavy atom. The number of aromatic carboxylic acids is 1. The lowest BCUT2D eigenvalue weighted by molar-refractivity contribution is 0.0671. The smallest absolute Gasteiger partial charge is 0.354 e. The molecule has 6 heteroatoms. The molecule has 1 N–H and O–H groups in total. The third-order valence-electron chi connectivity index (χ3n) is 1.43. The van der Waals surface area contributed by atoms with Crippen LogP contribution >= 0.6 is 0 Å². The Labute approximate surface area is 72.8 Å². The first-order chi connectivity index (χ1) is 6.00. The van der Waals surface area contributed by atoms with E-state index in [1.54, 1.807) is 6.92 Å². The molecule has 1 aromatic heterocycles. The second-order valence-corrected chi connectivity index (χ2v) is 2.55. The number of carboxylic acid groups (broad SMARTS) is 1. The van der Waals surface area contributed by atoms with Gasteiger partial charge < -0.3 is 5.11 Å². The molecule has 1 rings (SSSR count). The van der Waals surface area contributed by atoms with Gasteiger partial charge in [0, 0.05) is 0 Å². The van der Waals surface area contributed by atoms with E-state index in [-0.39, 0.29) is 5.69 Å². The number of carbonyl (C=O) groups is 1. The van der Waals surface area contributed by atoms with Gasteiger partial charge in [-0.2, -0.15) is 5.10 Å². The molecule has 0 unspecified atom stereocenters. The van der Waals surface area contributed by atoms with Crippen LogP contribution in [0.1, 0.15) is 16.2 Å². The monoisotopic (exact) mass is 190 g/mol. The van der Waals surface area contributed by atoms with Crippen LogP contribution in [0.5, 0.6) is 0 Å². The summed E-state index contributed by atoms with van der Waals surface area (Å²) in [4.78, 5) is 10.5. The number of aromatic nitrogens is 2. The first kappa shape index (κ1) is 9.63. The Balaban J connectivity index is 2.97. The van der Waals surface area contributed by atoms with Crippen molar-refractivity contribution in [2.45, 2.75) is 19.9 Å². The van der Waals surface area contributed by atoms with Gasteiger partial charge in [-0.25, -0.2) is 13.6 Å². The van der Waals surface area contributed by atoms with Gasteiger partial charge in [-0.15, -0.1) is 0 Å². The molecule has 0 saturated heterocycles. The van der Waals surface area contributed by atoms with Crippen molar-refractivity contribution in [1.29, 1.82) is 0 Å². The summed E-state index contributed by atoms with van der Waals surface area (Å²) in [5, 5.41) is 12.2. The minimum Gasteiger partial charge on any atom is -0.477 e. The minimum atomic E-state index is -2.60. The molecule has 0 aliphatic rings. The van der Waals surface area contributed by atoms with Crippen molar-refractivity contribution in [3.05, 3.63) is 17.5 Å². The number of halogens is 2. The zero-order valence-electron chi connectivity index (χ0n) is 6.87. The van der Waals surface area contributed by atoms with Crippen molar-refractivity contribution in [3.63, 3.8) is 0 Å². The third-order valence-corrected chi connectivity index (χ3v) is 1.43. The van der Waals surface area contributed by atoms with Crippen LogP contribution in [0.25, 0.3) is 0 Å². The number of alkyl halides is 2. The van der Waals surface area contributed by atoms with E-state index in [1.165, 1.54) is 6.07 Å². The summed E-state index contributed by atoms with van der Waals surface area (Å²) in [5.74, 6) is -1.25. The van der Waals surface area contributed by atoms with Gasteiger partial charge in [-0.3, -0.25) is 4.68 Å². The largest absolute Gasteiger partial charge is 0.477 e. The number of aryl methyl sites for hydroxylation is 1. The summed E-state index contributed by atoms with van der Waals surface area (Å²) in [6.07, 6.45) is -2.60. The second kappa shape index (κ2) is 3.51. The van der Waals surface area contributed by atoms with Gasteiger partial charge in [-0.1, -0.05) is 0 Å². The predicted octanol–water partition coefficient (Wildman–Crippen LogP) is 1.15. The van der Waals surface area contributed by atoms with E-state index in [1.807, 2.05) is 0 Å². The fourth-order valence-corrected chi connectivity index (χ4v) is 0.988. The fourth-order valence-electron chi connectivity index (χ4n) is 0.988. The van der Waals surface area contributed by atoms with E-state index in [0.29, 0.717) is 5.69 Å². The summed E-state index contributed by atoms with van der Waals surface area (Å²) < 4.78 is 24.6. The molecule has 1 heterocycles. The van der Waals surface area contributed by atoms with E-state index in [0.717, 1.165) is 4.68 Å². The molecule has 0 aromatic carbocycles. The van der Waals surface area contributed by atoms with Crippen molar-refractivity contribution < 1.29 is 18.7 Å². The molecule has 0 radical (unpaired) electrons. The zero-order chi connectivity index (χ0) is 10.0. The number of hydrogen-bond donors (Lipinski definition) is 1. The molecular weight excluding hydrogens is 182 g/mol. The molecule has 13 heavy (non-hydrogen) atoms. The molecule has 0 aliphatic carbocycles. The van der Waals surface area contributed by atoms with E-state index in [2.05, 4.69) is 5.10 Å². The molecule has 0 bridgehead atoms. The van der Waals surface area contributed by atoms with Gasteiger partial charge in [0.15, 0.2) is 0 Å². The lowest BCUT2D eigenvalue weighted by Crippen LogP contribution is -2.14. The van der Waals surface area contributed by atoms with Crippen LogP contribution in [0, 0.1) is 6.92 Å². The molecule has 0 spiro atoms. The van der Waals surface area contributed by atoms with E-state index >= 15 is 0 Å². The standard InChI is InChI=1S/C7H8F2N2O2/c1-4-2-5(7(12)13)11(10-4)3-6(8)9/h2,6H,3H2,1H3,(H,12,13). The second-order valence-electron chi connectivity index (χ2n) is 2.55. The van der Waals surface area contributed by atoms with E-state index in [4.69, 9.17) is 5.11 Å². The summed E-state index contributed by atoms with van der Waals surface area (Å²) in [7, 11) is 0. The van der Waals surface area contributed by atoms with Crippen LogP contribution in [0.15, 0.2) is 6.07 Å². The highest BCUT2D eigenvalue weighted by Crippen LogP contribution is 2.06. The molecule has 0 fully saturated rings. The summed E-state index contributed by atoms with van der Waals surface area (Å²) in [6.45, 7) is 0.865. The summed E-state index contributed by atoms with van der Waals surface area (Å²) in [6, 6.07) is 1.25. The summed E-state index contributed by atoms with van der Waals surface area (Å²) >= 11 is 0. The molecule has 0 aliphatic heterocycles. The fraction of sp³-hybridized carbons (Fsp3) is 0.429. The maximum absolute atomic E-state index is 11.9. The predicted molar refractivity (Wildman–Crippen MR) is 39.9 cm³/mol. The highest BCUT2D eigenvalue weighted by molar-refractivity contribution is 5.85. The van der Waals surface area contributed by atoms with Crippen LogP contribution < -0.4 is 0 Å². The quantitative estimate of drug-likeness (QED) is 0.777. The molecule has 0 amide bonds. The average molecular weight is 190 g/mol. The Hall–Kier alpha value is -1.46. The Bertz CT molecular complexity index is 322. The number of rotatable bonds is 3. The Morgan fingerprint density at radius 2 is 2.38 bits per heavy atom. The Kier molecular flexibility index (Phi) is 2.60. The number of hydrogen-bond acceptors (Lipinski definition) is 2. The molecule has 4 nitrogen and oxygen atoms in total. The topological polar surface area (TPSA) is 55.1 Å². The maximum Gasteiger partial charge on any atom is 0.354 e. The van der Waals surface area contributed by atoms with Gasteiger partial charge in [0.05, 0.1) is 5.69 Å². The van der Waals surface area contributed by atoms with E-state index in [9.17, 15) is 13.6 Å². The lowest BCUT2D eigenvalue weighted by Gasteiger charge is -2.01. The number of carboxylic acids is 1. The third kappa shape index (κ3) is 2.24. The SMILES string of the molecule is Cc1cc(C(=O)O)n(CC(F)F)n1. The highest BCUT2D eigenvalue weighted by Gasteiger charge is 2.15. The zero-order valence-corrected chi connectivity index (χ0v) is 6.87. The van der Waals surface area contributed by atoms with Gasteiger partial charge in [0.1, 0.15) is 12.2 Å². The average Bonchev–Trinajstić information content (AvgIpc) is 2.29. The molecule has 0 saturated carbocycles. The first-order valence-electron chi connectivity index (χ1n) is 3.56. The molecular formula is C7H8F2N2O2. The maximum atomic E-state index is 11.9. The Morgan fingerprint density at radius 3 is 2.85 bits per heavy atom. The van der Waals surface area contributed by atoms with Crippen molar-refractivity contribution >= 4 is 5.97 Å². The van der Waals surface area contributed by atoms with Crippen LogP contribution in [-0.4, -0.2) is 27.3 Å². The minimum absolute atomic E-state index is 0.210.